The summed E-state index contributed by atoms with van der Waals surface area (Å²) >= 11 is 0. The fourth-order valence-corrected chi connectivity index (χ4v) is 4.02. The summed E-state index contributed by atoms with van der Waals surface area (Å²) in [6, 6.07) is 5.47. The Bertz CT molecular complexity index is 775. The molecule has 1 aromatic rings. The second-order valence-electron chi connectivity index (χ2n) is 7.31. The fourth-order valence-electron chi connectivity index (χ4n) is 4.02. The minimum Gasteiger partial charge on any atom is -0.343 e. The number of likely N-dealkylation sites (N-methyl/N-ethyl adjacent to an activating group) is 1. The van der Waals surface area contributed by atoms with E-state index < -0.39 is 18.2 Å². The van der Waals surface area contributed by atoms with E-state index in [2.05, 4.69) is 10.2 Å². The summed E-state index contributed by atoms with van der Waals surface area (Å²) in [5.74, 6) is -0.00307. The maximum absolute atomic E-state index is 14.3. The Balaban J connectivity index is 1.69. The number of rotatable bonds is 2. The standard InChI is InChI=1S/C19H24FN5O2/c1-23-16-15(17(26)22-19(23)27)25(12-13-8-4-5-9-14(13)20)18(21-16)24-10-6-2-3-7-11-24/h4-5,8-9,15-16H,2-3,6-7,10-12H2,1H3,(H,22,26,27). The molecule has 4 rings (SSSR count). The molecule has 0 bridgehead atoms. The molecule has 0 saturated carbocycles. The summed E-state index contributed by atoms with van der Waals surface area (Å²) in [7, 11) is 1.63. The summed E-state index contributed by atoms with van der Waals surface area (Å²) < 4.78 is 14.3. The van der Waals surface area contributed by atoms with Gasteiger partial charge in [-0.05, 0) is 18.9 Å². The van der Waals surface area contributed by atoms with Gasteiger partial charge in [-0.3, -0.25) is 10.1 Å². The van der Waals surface area contributed by atoms with Gasteiger partial charge in [0.05, 0.1) is 0 Å². The Morgan fingerprint density at radius 3 is 2.56 bits per heavy atom. The monoisotopic (exact) mass is 373 g/mol. The quantitative estimate of drug-likeness (QED) is 0.858. The first kappa shape index (κ1) is 17.8. The molecule has 144 valence electrons. The first-order valence-electron chi connectivity index (χ1n) is 9.47. The third-order valence-electron chi connectivity index (χ3n) is 5.53. The molecule has 0 aromatic heterocycles. The number of aliphatic imine (C=N–C) groups is 1. The highest BCUT2D eigenvalue weighted by atomic mass is 19.1. The van der Waals surface area contributed by atoms with E-state index in [0.717, 1.165) is 25.9 Å². The average Bonchev–Trinajstić information content (AvgIpc) is 2.83. The molecule has 0 radical (unpaired) electrons. The van der Waals surface area contributed by atoms with E-state index in [1.807, 2.05) is 4.90 Å². The lowest BCUT2D eigenvalue weighted by Gasteiger charge is -2.37. The summed E-state index contributed by atoms with van der Waals surface area (Å²) in [4.78, 5) is 34.9. The molecule has 2 unspecified atom stereocenters. The third-order valence-corrected chi connectivity index (χ3v) is 5.53. The van der Waals surface area contributed by atoms with Crippen molar-refractivity contribution in [1.82, 2.24) is 20.0 Å². The van der Waals surface area contributed by atoms with E-state index in [9.17, 15) is 14.0 Å². The molecule has 8 heteroatoms. The van der Waals surface area contributed by atoms with Crippen molar-refractivity contribution in [3.8, 4) is 0 Å². The zero-order valence-corrected chi connectivity index (χ0v) is 15.4. The number of benzene rings is 1. The number of urea groups is 1. The van der Waals surface area contributed by atoms with Gasteiger partial charge in [0, 0.05) is 32.2 Å². The number of carbonyl (C=O) groups excluding carboxylic acids is 2. The number of nitrogens with zero attached hydrogens (tertiary/aromatic N) is 4. The number of fused-ring (bicyclic) bond motifs is 1. The van der Waals surface area contributed by atoms with E-state index in [4.69, 9.17) is 4.99 Å². The van der Waals surface area contributed by atoms with Crippen LogP contribution in [0.1, 0.15) is 31.2 Å². The number of hydrogen-bond acceptors (Lipinski definition) is 5. The zero-order valence-electron chi connectivity index (χ0n) is 15.4. The molecule has 3 amide bonds. The molecule has 3 heterocycles. The Morgan fingerprint density at radius 2 is 1.85 bits per heavy atom. The van der Waals surface area contributed by atoms with Crippen molar-refractivity contribution in [3.63, 3.8) is 0 Å². The van der Waals surface area contributed by atoms with Gasteiger partial charge in [-0.1, -0.05) is 31.0 Å². The average molecular weight is 373 g/mol. The zero-order chi connectivity index (χ0) is 19.0. The Kier molecular flexibility index (Phi) is 4.72. The number of imide groups is 1. The highest BCUT2D eigenvalue weighted by Gasteiger charge is 2.49. The number of likely N-dealkylation sites (tertiary alicyclic amines) is 1. The molecule has 1 N–H and O–H groups in total. The van der Waals surface area contributed by atoms with E-state index in [1.165, 1.54) is 23.8 Å². The second-order valence-corrected chi connectivity index (χ2v) is 7.31. The van der Waals surface area contributed by atoms with Crippen molar-refractivity contribution in [3.05, 3.63) is 35.6 Å². The smallest absolute Gasteiger partial charge is 0.325 e. The van der Waals surface area contributed by atoms with Crippen LogP contribution in [-0.2, 0) is 11.3 Å². The predicted octanol–water partition coefficient (Wildman–Crippen LogP) is 1.75. The van der Waals surface area contributed by atoms with Gasteiger partial charge in [0.15, 0.2) is 18.2 Å². The maximum Gasteiger partial charge on any atom is 0.325 e. The molecule has 3 aliphatic rings. The molecular formula is C19H24FN5O2. The third kappa shape index (κ3) is 3.24. The normalized spacial score (nSPS) is 25.9. The molecule has 1 aromatic carbocycles. The lowest BCUT2D eigenvalue weighted by atomic mass is 10.1. The van der Waals surface area contributed by atoms with Crippen molar-refractivity contribution >= 4 is 17.9 Å². The van der Waals surface area contributed by atoms with Gasteiger partial charge >= 0.3 is 6.03 Å². The molecule has 2 atom stereocenters. The Hall–Kier alpha value is -2.64. The molecule has 7 nitrogen and oxygen atoms in total. The van der Waals surface area contributed by atoms with Gasteiger partial charge in [-0.25, -0.2) is 14.2 Å². The van der Waals surface area contributed by atoms with Crippen LogP contribution < -0.4 is 5.32 Å². The van der Waals surface area contributed by atoms with E-state index in [0.29, 0.717) is 11.5 Å². The minimum atomic E-state index is -0.648. The SMILES string of the molecule is CN1C(=O)NC(=O)C2C1N=C(N1CCCCCC1)N2Cc1ccccc1F. The van der Waals surface area contributed by atoms with E-state index >= 15 is 0 Å². The van der Waals surface area contributed by atoms with Gasteiger partial charge < -0.3 is 14.7 Å². The highest BCUT2D eigenvalue weighted by molar-refractivity contribution is 6.03. The summed E-state index contributed by atoms with van der Waals surface area (Å²) in [5, 5.41) is 2.39. The Labute approximate surface area is 157 Å². The first-order valence-corrected chi connectivity index (χ1v) is 9.47. The van der Waals surface area contributed by atoms with Crippen molar-refractivity contribution in [2.75, 3.05) is 20.1 Å². The summed E-state index contributed by atoms with van der Waals surface area (Å²) in [6.45, 7) is 1.94. The van der Waals surface area contributed by atoms with Crippen LogP contribution in [0.5, 0.6) is 0 Å². The van der Waals surface area contributed by atoms with Gasteiger partial charge in [0.2, 0.25) is 0 Å². The molecule has 2 fully saturated rings. The van der Waals surface area contributed by atoms with Crippen molar-refractivity contribution in [1.29, 1.82) is 0 Å². The number of hydrogen-bond donors (Lipinski definition) is 1. The predicted molar refractivity (Wildman–Crippen MR) is 98.3 cm³/mol. The Morgan fingerprint density at radius 1 is 1.15 bits per heavy atom. The largest absolute Gasteiger partial charge is 0.343 e. The van der Waals surface area contributed by atoms with Crippen LogP contribution in [0, 0.1) is 5.82 Å². The van der Waals surface area contributed by atoms with Gasteiger partial charge in [0.25, 0.3) is 5.91 Å². The molecule has 0 spiro atoms. The molecule has 27 heavy (non-hydrogen) atoms. The van der Waals surface area contributed by atoms with Crippen LogP contribution in [-0.4, -0.2) is 64.9 Å². The van der Waals surface area contributed by atoms with Crippen LogP contribution in [0.15, 0.2) is 29.3 Å². The van der Waals surface area contributed by atoms with E-state index in [1.54, 1.807) is 25.2 Å². The van der Waals surface area contributed by atoms with Crippen molar-refractivity contribution in [2.24, 2.45) is 4.99 Å². The number of halogens is 1. The van der Waals surface area contributed by atoms with Gasteiger partial charge in [-0.2, -0.15) is 0 Å². The summed E-state index contributed by atoms with van der Waals surface area (Å²) in [6.07, 6.45) is 3.87. The molecule has 3 aliphatic heterocycles. The van der Waals surface area contributed by atoms with Crippen LogP contribution >= 0.6 is 0 Å². The van der Waals surface area contributed by atoms with E-state index in [-0.39, 0.29) is 18.3 Å². The van der Waals surface area contributed by atoms with Crippen LogP contribution in [0.2, 0.25) is 0 Å². The van der Waals surface area contributed by atoms with Gasteiger partial charge in [0.1, 0.15) is 5.82 Å². The number of guanidine groups is 1. The van der Waals surface area contributed by atoms with Crippen LogP contribution in [0.4, 0.5) is 9.18 Å². The first-order chi connectivity index (χ1) is 13.1. The number of nitrogens with one attached hydrogen (secondary N) is 1. The topological polar surface area (TPSA) is 68.2 Å². The molecular weight excluding hydrogens is 349 g/mol. The second kappa shape index (κ2) is 7.17. The van der Waals surface area contributed by atoms with Crippen LogP contribution in [0.3, 0.4) is 0 Å². The lowest BCUT2D eigenvalue weighted by molar-refractivity contribution is -0.127. The van der Waals surface area contributed by atoms with Crippen LogP contribution in [0.25, 0.3) is 0 Å². The number of amides is 3. The molecule has 0 aliphatic carbocycles. The fraction of sp³-hybridized carbons (Fsp3) is 0.526. The lowest BCUT2D eigenvalue weighted by Crippen LogP contribution is -2.64. The number of carbonyl (C=O) groups is 2. The summed E-state index contributed by atoms with van der Waals surface area (Å²) in [5.41, 5.74) is 0.507. The maximum atomic E-state index is 14.3. The van der Waals surface area contributed by atoms with Gasteiger partial charge in [-0.15, -0.1) is 0 Å². The minimum absolute atomic E-state index is 0.235. The molecule has 2 saturated heterocycles. The van der Waals surface area contributed by atoms with Crippen molar-refractivity contribution in [2.45, 2.75) is 44.4 Å². The van der Waals surface area contributed by atoms with Crippen molar-refractivity contribution < 1.29 is 14.0 Å². The highest BCUT2D eigenvalue weighted by Crippen LogP contribution is 2.28.